The Morgan fingerprint density at radius 2 is 1.75 bits per heavy atom. The molecule has 114 valence electrons. The van der Waals surface area contributed by atoms with Crippen LogP contribution in [-0.2, 0) is 0 Å². The van der Waals surface area contributed by atoms with E-state index in [0.717, 1.165) is 17.7 Å². The SMILES string of the molecule is CCCCCCCCCC(N)c1ccc(Cl)cc1OC. The van der Waals surface area contributed by atoms with E-state index in [1.807, 2.05) is 18.2 Å². The molecule has 0 aliphatic heterocycles. The molecule has 3 heteroatoms. The average molecular weight is 298 g/mol. The van der Waals surface area contributed by atoms with E-state index in [2.05, 4.69) is 6.92 Å². The van der Waals surface area contributed by atoms with Crippen molar-refractivity contribution in [2.45, 2.75) is 64.3 Å². The highest BCUT2D eigenvalue weighted by atomic mass is 35.5. The summed E-state index contributed by atoms with van der Waals surface area (Å²) in [5, 5.41) is 0.689. The van der Waals surface area contributed by atoms with Gasteiger partial charge in [0.15, 0.2) is 0 Å². The summed E-state index contributed by atoms with van der Waals surface area (Å²) in [6, 6.07) is 5.73. The van der Waals surface area contributed by atoms with Crippen molar-refractivity contribution in [2.75, 3.05) is 7.11 Å². The summed E-state index contributed by atoms with van der Waals surface area (Å²) >= 11 is 5.97. The molecule has 20 heavy (non-hydrogen) atoms. The molecule has 2 N–H and O–H groups in total. The van der Waals surface area contributed by atoms with E-state index in [9.17, 15) is 0 Å². The zero-order valence-electron chi connectivity index (χ0n) is 12.8. The number of halogens is 1. The van der Waals surface area contributed by atoms with Gasteiger partial charge in [-0.3, -0.25) is 0 Å². The first-order chi connectivity index (χ1) is 9.69. The molecule has 2 nitrogen and oxygen atoms in total. The van der Waals surface area contributed by atoms with E-state index < -0.39 is 0 Å². The largest absolute Gasteiger partial charge is 0.496 e. The zero-order chi connectivity index (χ0) is 14.8. The lowest BCUT2D eigenvalue weighted by Crippen LogP contribution is -2.11. The molecule has 0 fully saturated rings. The van der Waals surface area contributed by atoms with Crippen molar-refractivity contribution in [3.63, 3.8) is 0 Å². The highest BCUT2D eigenvalue weighted by Crippen LogP contribution is 2.29. The molecule has 1 aromatic rings. The number of rotatable bonds is 10. The van der Waals surface area contributed by atoms with Gasteiger partial charge in [0.2, 0.25) is 0 Å². The standard InChI is InChI=1S/C17H28ClNO/c1-3-4-5-6-7-8-9-10-16(19)15-12-11-14(18)13-17(15)20-2/h11-13,16H,3-10,19H2,1-2H3. The normalized spacial score (nSPS) is 12.4. The Morgan fingerprint density at radius 3 is 2.40 bits per heavy atom. The van der Waals surface area contributed by atoms with Crippen LogP contribution in [-0.4, -0.2) is 7.11 Å². The van der Waals surface area contributed by atoms with E-state index >= 15 is 0 Å². The molecule has 0 spiro atoms. The second-order valence-electron chi connectivity index (χ2n) is 5.40. The first-order valence-corrected chi connectivity index (χ1v) is 8.15. The summed E-state index contributed by atoms with van der Waals surface area (Å²) in [7, 11) is 1.66. The van der Waals surface area contributed by atoms with Crippen molar-refractivity contribution in [1.29, 1.82) is 0 Å². The van der Waals surface area contributed by atoms with E-state index in [1.165, 1.54) is 44.9 Å². The van der Waals surface area contributed by atoms with Gasteiger partial charge in [-0.1, -0.05) is 69.5 Å². The molecule has 0 saturated heterocycles. The molecule has 0 heterocycles. The summed E-state index contributed by atoms with van der Waals surface area (Å²) < 4.78 is 5.35. The molecular formula is C17H28ClNO. The third-order valence-corrected chi connectivity index (χ3v) is 3.95. The number of nitrogens with two attached hydrogens (primary N) is 1. The minimum Gasteiger partial charge on any atom is -0.496 e. The molecule has 0 amide bonds. The molecule has 0 aromatic heterocycles. The van der Waals surface area contributed by atoms with Crippen molar-refractivity contribution in [3.8, 4) is 5.75 Å². The Balaban J connectivity index is 2.30. The molecule has 1 unspecified atom stereocenters. The Labute approximate surface area is 128 Å². The fraction of sp³-hybridized carbons (Fsp3) is 0.647. The number of benzene rings is 1. The number of hydrogen-bond donors (Lipinski definition) is 1. The lowest BCUT2D eigenvalue weighted by atomic mass is 9.99. The maximum Gasteiger partial charge on any atom is 0.125 e. The Kier molecular flexibility index (Phi) is 8.72. The van der Waals surface area contributed by atoms with Crippen LogP contribution in [0.15, 0.2) is 18.2 Å². The summed E-state index contributed by atoms with van der Waals surface area (Å²) in [6.45, 7) is 2.25. The third-order valence-electron chi connectivity index (χ3n) is 3.71. The third kappa shape index (κ3) is 6.15. The topological polar surface area (TPSA) is 35.2 Å². The van der Waals surface area contributed by atoms with Crippen LogP contribution in [0, 0.1) is 0 Å². The van der Waals surface area contributed by atoms with E-state index in [0.29, 0.717) is 5.02 Å². The van der Waals surface area contributed by atoms with Gasteiger partial charge in [0.05, 0.1) is 7.11 Å². The van der Waals surface area contributed by atoms with Gasteiger partial charge >= 0.3 is 0 Å². The van der Waals surface area contributed by atoms with Crippen molar-refractivity contribution in [2.24, 2.45) is 5.73 Å². The highest BCUT2D eigenvalue weighted by Gasteiger charge is 2.11. The van der Waals surface area contributed by atoms with Crippen molar-refractivity contribution in [3.05, 3.63) is 28.8 Å². The van der Waals surface area contributed by atoms with Crippen molar-refractivity contribution < 1.29 is 4.74 Å². The van der Waals surface area contributed by atoms with E-state index in [1.54, 1.807) is 7.11 Å². The molecule has 0 bridgehead atoms. The van der Waals surface area contributed by atoms with Crippen LogP contribution in [0.3, 0.4) is 0 Å². The van der Waals surface area contributed by atoms with Crippen LogP contribution in [0.1, 0.15) is 69.9 Å². The quantitative estimate of drug-likeness (QED) is 0.580. The summed E-state index contributed by atoms with van der Waals surface area (Å²) in [6.07, 6.45) is 10.2. The molecule has 0 radical (unpaired) electrons. The second kappa shape index (κ2) is 10.1. The molecule has 1 atom stereocenters. The van der Waals surface area contributed by atoms with Crippen LogP contribution in [0.4, 0.5) is 0 Å². The van der Waals surface area contributed by atoms with Gasteiger partial charge in [-0.2, -0.15) is 0 Å². The predicted molar refractivity (Wildman–Crippen MR) is 87.5 cm³/mol. The van der Waals surface area contributed by atoms with E-state index in [-0.39, 0.29) is 6.04 Å². The zero-order valence-corrected chi connectivity index (χ0v) is 13.6. The van der Waals surface area contributed by atoms with Gasteiger partial charge in [-0.15, -0.1) is 0 Å². The average Bonchev–Trinajstić information content (AvgIpc) is 2.45. The van der Waals surface area contributed by atoms with Crippen LogP contribution in [0.25, 0.3) is 0 Å². The minimum absolute atomic E-state index is 0.0397. The summed E-state index contributed by atoms with van der Waals surface area (Å²) in [5.74, 6) is 0.799. The number of hydrogen-bond acceptors (Lipinski definition) is 2. The first kappa shape index (κ1) is 17.3. The fourth-order valence-corrected chi connectivity index (χ4v) is 2.63. The fourth-order valence-electron chi connectivity index (χ4n) is 2.47. The molecular weight excluding hydrogens is 270 g/mol. The van der Waals surface area contributed by atoms with Crippen molar-refractivity contribution in [1.82, 2.24) is 0 Å². The maximum absolute atomic E-state index is 6.26. The second-order valence-corrected chi connectivity index (χ2v) is 5.84. The van der Waals surface area contributed by atoms with Crippen molar-refractivity contribution >= 4 is 11.6 Å². The van der Waals surface area contributed by atoms with Crippen LogP contribution in [0.2, 0.25) is 5.02 Å². The van der Waals surface area contributed by atoms with Gasteiger partial charge in [-0.25, -0.2) is 0 Å². The number of ether oxygens (including phenoxy) is 1. The lowest BCUT2D eigenvalue weighted by Gasteiger charge is -2.16. The molecule has 0 aliphatic rings. The summed E-state index contributed by atoms with van der Waals surface area (Å²) in [5.41, 5.74) is 7.32. The summed E-state index contributed by atoms with van der Waals surface area (Å²) in [4.78, 5) is 0. The molecule has 0 aliphatic carbocycles. The Bertz CT molecular complexity index is 381. The maximum atomic E-state index is 6.26. The highest BCUT2D eigenvalue weighted by molar-refractivity contribution is 6.30. The monoisotopic (exact) mass is 297 g/mol. The van der Waals surface area contributed by atoms with Gasteiger partial charge in [0, 0.05) is 16.6 Å². The number of methoxy groups -OCH3 is 1. The van der Waals surface area contributed by atoms with Crippen LogP contribution < -0.4 is 10.5 Å². The Hall–Kier alpha value is -0.730. The van der Waals surface area contributed by atoms with Gasteiger partial charge in [-0.05, 0) is 18.6 Å². The van der Waals surface area contributed by atoms with Gasteiger partial charge < -0.3 is 10.5 Å². The van der Waals surface area contributed by atoms with Crippen LogP contribution in [0.5, 0.6) is 5.75 Å². The Morgan fingerprint density at radius 1 is 1.10 bits per heavy atom. The molecule has 1 rings (SSSR count). The molecule has 1 aromatic carbocycles. The predicted octanol–water partition coefficient (Wildman–Crippen LogP) is 5.49. The minimum atomic E-state index is 0.0397. The molecule has 0 saturated carbocycles. The first-order valence-electron chi connectivity index (χ1n) is 7.78. The lowest BCUT2D eigenvalue weighted by molar-refractivity contribution is 0.403. The smallest absolute Gasteiger partial charge is 0.125 e. The van der Waals surface area contributed by atoms with E-state index in [4.69, 9.17) is 22.1 Å². The van der Waals surface area contributed by atoms with Crippen LogP contribution >= 0.6 is 11.6 Å². The number of unbranched alkanes of at least 4 members (excludes halogenated alkanes) is 6. The van der Waals surface area contributed by atoms with Gasteiger partial charge in [0.25, 0.3) is 0 Å². The van der Waals surface area contributed by atoms with Gasteiger partial charge in [0.1, 0.15) is 5.75 Å².